The van der Waals surface area contributed by atoms with E-state index in [0.29, 0.717) is 0 Å². The molecule has 0 aromatic carbocycles. The first-order valence-electron chi connectivity index (χ1n) is 7.63. The summed E-state index contributed by atoms with van der Waals surface area (Å²) in [5, 5.41) is 0.949. The van der Waals surface area contributed by atoms with Crippen molar-refractivity contribution in [2.24, 2.45) is 0 Å². The lowest BCUT2D eigenvalue weighted by Crippen LogP contribution is -2.42. The van der Waals surface area contributed by atoms with Gasteiger partial charge >= 0.3 is 0 Å². The highest BCUT2D eigenvalue weighted by molar-refractivity contribution is 7.13. The number of carbonyl (C=O) groups is 1. The Bertz CT molecular complexity index is 770. The smallest absolute Gasteiger partial charge is 0.266 e. The Hall–Kier alpha value is -1.82. The molecule has 22 heavy (non-hydrogen) atoms. The monoisotopic (exact) mass is 314 g/mol. The molecule has 114 valence electrons. The predicted molar refractivity (Wildman–Crippen MR) is 84.0 cm³/mol. The zero-order chi connectivity index (χ0) is 15.4. The Balaban J connectivity index is 1.74. The number of fused-ring (bicyclic) bond motifs is 4. The molecule has 4 rings (SSSR count). The molecule has 0 aliphatic carbocycles. The van der Waals surface area contributed by atoms with Crippen molar-refractivity contribution in [2.45, 2.75) is 52.1 Å². The van der Waals surface area contributed by atoms with Crippen LogP contribution in [0, 0.1) is 20.8 Å². The van der Waals surface area contributed by atoms with Crippen LogP contribution >= 0.6 is 11.3 Å². The average molecular weight is 314 g/mol. The number of hydrogen-bond donors (Lipinski definition) is 0. The molecule has 2 aliphatic heterocycles. The molecule has 0 radical (unpaired) electrons. The van der Waals surface area contributed by atoms with Crippen molar-refractivity contribution in [2.75, 3.05) is 0 Å². The Morgan fingerprint density at radius 2 is 2.09 bits per heavy atom. The Morgan fingerprint density at radius 3 is 2.82 bits per heavy atom. The molecule has 2 aromatic heterocycles. The first kappa shape index (κ1) is 13.8. The highest BCUT2D eigenvalue weighted by atomic mass is 32.1. The average Bonchev–Trinajstić information content (AvgIpc) is 2.97. The maximum atomic E-state index is 13.0. The van der Waals surface area contributed by atoms with Crippen molar-refractivity contribution >= 4 is 17.2 Å². The number of nitrogens with zero attached hydrogens (tertiary/aromatic N) is 4. The summed E-state index contributed by atoms with van der Waals surface area (Å²) in [6.45, 7) is 5.79. The number of rotatable bonds is 1. The van der Waals surface area contributed by atoms with E-state index in [-0.39, 0.29) is 18.0 Å². The van der Waals surface area contributed by atoms with Gasteiger partial charge in [-0.1, -0.05) is 0 Å². The summed E-state index contributed by atoms with van der Waals surface area (Å²) < 4.78 is 0. The molecule has 0 spiro atoms. The minimum absolute atomic E-state index is 0.127. The molecule has 1 fully saturated rings. The van der Waals surface area contributed by atoms with Crippen LogP contribution in [0.1, 0.15) is 56.3 Å². The Labute approximate surface area is 133 Å². The summed E-state index contributed by atoms with van der Waals surface area (Å²) in [4.78, 5) is 29.2. The second-order valence-corrected chi connectivity index (χ2v) is 7.33. The van der Waals surface area contributed by atoms with Gasteiger partial charge in [0.25, 0.3) is 5.91 Å². The molecule has 2 aliphatic rings. The standard InChI is InChI=1S/C16H18N4OS/c1-8-15(22-10(3)18-8)16(21)20-11-4-5-14(20)12-7-17-9(2)19-13(12)6-11/h7,11,14H,4-6H2,1-3H3/t11-,14+/m1/s1. The fourth-order valence-electron chi connectivity index (χ4n) is 3.73. The zero-order valence-electron chi connectivity index (χ0n) is 13.0. The van der Waals surface area contributed by atoms with E-state index in [4.69, 9.17) is 0 Å². The van der Waals surface area contributed by atoms with Crippen LogP contribution in [-0.4, -0.2) is 31.8 Å². The summed E-state index contributed by atoms with van der Waals surface area (Å²) in [6.07, 6.45) is 4.81. The van der Waals surface area contributed by atoms with Crippen LogP contribution in [0.15, 0.2) is 6.20 Å². The van der Waals surface area contributed by atoms with Crippen molar-refractivity contribution in [1.82, 2.24) is 19.9 Å². The van der Waals surface area contributed by atoms with Gasteiger partial charge in [0.05, 0.1) is 22.4 Å². The van der Waals surface area contributed by atoms with Gasteiger partial charge in [0.2, 0.25) is 0 Å². The second-order valence-electron chi connectivity index (χ2n) is 6.13. The van der Waals surface area contributed by atoms with Crippen LogP contribution in [0.4, 0.5) is 0 Å². The molecule has 1 saturated heterocycles. The highest BCUT2D eigenvalue weighted by Gasteiger charge is 2.44. The van der Waals surface area contributed by atoms with Gasteiger partial charge in [0.1, 0.15) is 10.7 Å². The van der Waals surface area contributed by atoms with Crippen LogP contribution in [0.3, 0.4) is 0 Å². The third kappa shape index (κ3) is 1.97. The van der Waals surface area contributed by atoms with E-state index in [1.165, 1.54) is 11.3 Å². The molecule has 0 saturated carbocycles. The minimum atomic E-state index is 0.127. The van der Waals surface area contributed by atoms with Crippen LogP contribution in [0.5, 0.6) is 0 Å². The fraction of sp³-hybridized carbons (Fsp3) is 0.500. The molecule has 4 heterocycles. The summed E-state index contributed by atoms with van der Waals surface area (Å²) >= 11 is 1.50. The Kier molecular flexibility index (Phi) is 3.04. The van der Waals surface area contributed by atoms with Crippen molar-refractivity contribution in [1.29, 1.82) is 0 Å². The summed E-state index contributed by atoms with van der Waals surface area (Å²) in [7, 11) is 0. The predicted octanol–water partition coefficient (Wildman–Crippen LogP) is 2.76. The second kappa shape index (κ2) is 4.84. The summed E-state index contributed by atoms with van der Waals surface area (Å²) in [5.74, 6) is 0.939. The van der Waals surface area contributed by atoms with Gasteiger partial charge in [-0.15, -0.1) is 11.3 Å². The first-order chi connectivity index (χ1) is 10.5. The van der Waals surface area contributed by atoms with Gasteiger partial charge in [-0.05, 0) is 33.6 Å². The highest BCUT2D eigenvalue weighted by Crippen LogP contribution is 2.44. The lowest BCUT2D eigenvalue weighted by Gasteiger charge is -2.35. The fourth-order valence-corrected chi connectivity index (χ4v) is 4.60. The molecule has 0 N–H and O–H groups in total. The normalized spacial score (nSPS) is 22.8. The molecule has 2 bridgehead atoms. The van der Waals surface area contributed by atoms with Gasteiger partial charge in [-0.25, -0.2) is 15.0 Å². The van der Waals surface area contributed by atoms with Gasteiger partial charge in [-0.2, -0.15) is 0 Å². The molecule has 2 atom stereocenters. The van der Waals surface area contributed by atoms with Gasteiger partial charge in [0, 0.05) is 24.2 Å². The van der Waals surface area contributed by atoms with Crippen LogP contribution in [0.2, 0.25) is 0 Å². The molecular weight excluding hydrogens is 296 g/mol. The topological polar surface area (TPSA) is 59.0 Å². The molecule has 0 unspecified atom stereocenters. The number of thiazole rings is 1. The van der Waals surface area contributed by atoms with Crippen LogP contribution in [-0.2, 0) is 6.42 Å². The van der Waals surface area contributed by atoms with E-state index in [2.05, 4.69) is 19.9 Å². The molecule has 6 heteroatoms. The van der Waals surface area contributed by atoms with Gasteiger partial charge in [0.15, 0.2) is 0 Å². The third-order valence-corrected chi connectivity index (χ3v) is 5.70. The maximum Gasteiger partial charge on any atom is 0.266 e. The SMILES string of the molecule is Cc1ncc2c(n1)C[C@H]1CC[C@@H]2N1C(=O)c1sc(C)nc1C. The maximum absolute atomic E-state index is 13.0. The van der Waals surface area contributed by atoms with E-state index < -0.39 is 0 Å². The van der Waals surface area contributed by atoms with Crippen LogP contribution in [0.25, 0.3) is 0 Å². The molecule has 1 amide bonds. The number of carbonyl (C=O) groups excluding carboxylic acids is 1. The van der Waals surface area contributed by atoms with Crippen molar-refractivity contribution < 1.29 is 4.79 Å². The van der Waals surface area contributed by atoms with Gasteiger partial charge < -0.3 is 4.90 Å². The number of aryl methyl sites for hydroxylation is 3. The molecule has 5 nitrogen and oxygen atoms in total. The largest absolute Gasteiger partial charge is 0.327 e. The summed E-state index contributed by atoms with van der Waals surface area (Å²) in [6, 6.07) is 0.393. The van der Waals surface area contributed by atoms with E-state index in [9.17, 15) is 4.79 Å². The summed E-state index contributed by atoms with van der Waals surface area (Å²) in [5.41, 5.74) is 3.10. The number of amides is 1. The van der Waals surface area contributed by atoms with E-state index in [1.54, 1.807) is 0 Å². The van der Waals surface area contributed by atoms with Crippen molar-refractivity contribution in [3.8, 4) is 0 Å². The lowest BCUT2D eigenvalue weighted by atomic mass is 9.99. The zero-order valence-corrected chi connectivity index (χ0v) is 13.8. The number of aromatic nitrogens is 3. The van der Waals surface area contributed by atoms with Crippen molar-refractivity contribution in [3.63, 3.8) is 0 Å². The number of hydrogen-bond acceptors (Lipinski definition) is 5. The van der Waals surface area contributed by atoms with E-state index >= 15 is 0 Å². The van der Waals surface area contributed by atoms with E-state index in [0.717, 1.165) is 51.9 Å². The quantitative estimate of drug-likeness (QED) is 0.812. The van der Waals surface area contributed by atoms with Gasteiger partial charge in [-0.3, -0.25) is 4.79 Å². The Morgan fingerprint density at radius 1 is 1.27 bits per heavy atom. The first-order valence-corrected chi connectivity index (χ1v) is 8.45. The minimum Gasteiger partial charge on any atom is -0.327 e. The van der Waals surface area contributed by atoms with Crippen molar-refractivity contribution in [3.05, 3.63) is 38.9 Å². The third-order valence-electron chi connectivity index (χ3n) is 4.64. The molecular formula is C16H18N4OS. The van der Waals surface area contributed by atoms with E-state index in [1.807, 2.05) is 27.0 Å². The lowest BCUT2D eigenvalue weighted by molar-refractivity contribution is 0.0648. The van der Waals surface area contributed by atoms with Crippen LogP contribution < -0.4 is 0 Å². The molecule has 2 aromatic rings.